The fraction of sp³-hybridized carbons (Fsp3) is 0.238. The highest BCUT2D eigenvalue weighted by Crippen LogP contribution is 2.25. The highest BCUT2D eigenvalue weighted by Gasteiger charge is 2.35. The molecule has 2 N–H and O–H groups in total. The van der Waals surface area contributed by atoms with Gasteiger partial charge in [0.1, 0.15) is 0 Å². The molecule has 1 heterocycles. The maximum atomic E-state index is 12.6. The van der Waals surface area contributed by atoms with Crippen LogP contribution < -0.4 is 10.6 Å². The second-order valence-electron chi connectivity index (χ2n) is 6.48. The summed E-state index contributed by atoms with van der Waals surface area (Å²) in [5.41, 5.74) is 1.59. The Bertz CT molecular complexity index is 986. The molecule has 0 unspecified atom stereocenters. The minimum Gasteiger partial charge on any atom is -0.385 e. The highest BCUT2D eigenvalue weighted by molar-refractivity contribution is 6.22. The summed E-state index contributed by atoms with van der Waals surface area (Å²) in [5.74, 6) is -1.50. The SMILES string of the molecule is CNC(=O)c1cccc(NC(=O)c2ccc3c(c2)C(=O)N(CCCOC)C3=O)c1. The summed E-state index contributed by atoms with van der Waals surface area (Å²) >= 11 is 0. The monoisotopic (exact) mass is 395 g/mol. The summed E-state index contributed by atoms with van der Waals surface area (Å²) < 4.78 is 4.96. The van der Waals surface area contributed by atoms with Crippen LogP contribution in [0.15, 0.2) is 42.5 Å². The van der Waals surface area contributed by atoms with Crippen molar-refractivity contribution in [1.29, 1.82) is 0 Å². The summed E-state index contributed by atoms with van der Waals surface area (Å²) in [5, 5.41) is 5.22. The van der Waals surface area contributed by atoms with Crippen LogP contribution in [0, 0.1) is 0 Å². The van der Waals surface area contributed by atoms with E-state index in [0.717, 1.165) is 4.90 Å². The number of fused-ring (bicyclic) bond motifs is 1. The Morgan fingerprint density at radius 2 is 1.69 bits per heavy atom. The van der Waals surface area contributed by atoms with E-state index in [-0.39, 0.29) is 35.0 Å². The summed E-state index contributed by atoms with van der Waals surface area (Å²) in [7, 11) is 3.08. The van der Waals surface area contributed by atoms with Crippen molar-refractivity contribution in [2.24, 2.45) is 0 Å². The maximum absolute atomic E-state index is 12.6. The number of nitrogens with zero attached hydrogens (tertiary/aromatic N) is 1. The van der Waals surface area contributed by atoms with Gasteiger partial charge in [-0.15, -0.1) is 0 Å². The third kappa shape index (κ3) is 4.17. The Balaban J connectivity index is 1.77. The number of imide groups is 1. The van der Waals surface area contributed by atoms with Crippen molar-refractivity contribution in [3.8, 4) is 0 Å². The Morgan fingerprint density at radius 3 is 2.41 bits per heavy atom. The number of carbonyl (C=O) groups excluding carboxylic acids is 4. The van der Waals surface area contributed by atoms with Crippen LogP contribution in [-0.4, -0.2) is 55.8 Å². The first-order valence-electron chi connectivity index (χ1n) is 9.09. The van der Waals surface area contributed by atoms with Crippen molar-refractivity contribution in [3.63, 3.8) is 0 Å². The largest absolute Gasteiger partial charge is 0.385 e. The van der Waals surface area contributed by atoms with Gasteiger partial charge in [-0.25, -0.2) is 0 Å². The molecule has 0 aromatic heterocycles. The average molecular weight is 395 g/mol. The predicted molar refractivity (Wildman–Crippen MR) is 106 cm³/mol. The first-order valence-corrected chi connectivity index (χ1v) is 9.09. The molecule has 1 aliphatic rings. The Labute approximate surface area is 167 Å². The minimum atomic E-state index is -0.445. The van der Waals surface area contributed by atoms with Crippen molar-refractivity contribution in [2.45, 2.75) is 6.42 Å². The summed E-state index contributed by atoms with van der Waals surface area (Å²) in [6.07, 6.45) is 0.539. The molecule has 0 spiro atoms. The Morgan fingerprint density at radius 1 is 0.966 bits per heavy atom. The van der Waals surface area contributed by atoms with Gasteiger partial charge in [-0.1, -0.05) is 6.07 Å². The maximum Gasteiger partial charge on any atom is 0.261 e. The van der Waals surface area contributed by atoms with Crippen molar-refractivity contribution in [3.05, 3.63) is 64.7 Å². The molecular weight excluding hydrogens is 374 g/mol. The molecule has 3 rings (SSSR count). The second kappa shape index (κ2) is 8.66. The topological polar surface area (TPSA) is 105 Å². The van der Waals surface area contributed by atoms with E-state index >= 15 is 0 Å². The summed E-state index contributed by atoms with van der Waals surface area (Å²) in [6.45, 7) is 0.699. The second-order valence-corrected chi connectivity index (χ2v) is 6.48. The van der Waals surface area contributed by atoms with Gasteiger partial charge in [0, 0.05) is 44.1 Å². The molecule has 1 aliphatic heterocycles. The predicted octanol–water partition coefficient (Wildman–Crippen LogP) is 1.93. The van der Waals surface area contributed by atoms with Crippen LogP contribution in [-0.2, 0) is 4.74 Å². The lowest BCUT2D eigenvalue weighted by molar-refractivity contribution is 0.0638. The number of anilines is 1. The van der Waals surface area contributed by atoms with Crippen LogP contribution in [0.5, 0.6) is 0 Å². The van der Waals surface area contributed by atoms with E-state index in [0.29, 0.717) is 24.3 Å². The van der Waals surface area contributed by atoms with Gasteiger partial charge in [0.15, 0.2) is 0 Å². The molecule has 2 aromatic carbocycles. The zero-order chi connectivity index (χ0) is 21.0. The Hall–Kier alpha value is -3.52. The van der Waals surface area contributed by atoms with E-state index in [1.54, 1.807) is 31.4 Å². The van der Waals surface area contributed by atoms with E-state index in [1.807, 2.05) is 0 Å². The lowest BCUT2D eigenvalue weighted by Crippen LogP contribution is -2.31. The van der Waals surface area contributed by atoms with Crippen LogP contribution in [0.1, 0.15) is 47.9 Å². The molecule has 29 heavy (non-hydrogen) atoms. The van der Waals surface area contributed by atoms with E-state index in [4.69, 9.17) is 4.74 Å². The van der Waals surface area contributed by atoms with Crippen molar-refractivity contribution in [2.75, 3.05) is 32.6 Å². The van der Waals surface area contributed by atoms with Gasteiger partial charge < -0.3 is 15.4 Å². The van der Waals surface area contributed by atoms with Gasteiger partial charge in [-0.05, 0) is 42.8 Å². The van der Waals surface area contributed by atoms with Gasteiger partial charge in [0.25, 0.3) is 23.6 Å². The number of hydrogen-bond donors (Lipinski definition) is 2. The smallest absolute Gasteiger partial charge is 0.261 e. The lowest BCUT2D eigenvalue weighted by Gasteiger charge is -2.12. The molecule has 0 radical (unpaired) electrons. The summed E-state index contributed by atoms with van der Waals surface area (Å²) in [4.78, 5) is 50.5. The van der Waals surface area contributed by atoms with Gasteiger partial charge >= 0.3 is 0 Å². The van der Waals surface area contributed by atoms with Gasteiger partial charge in [0.2, 0.25) is 0 Å². The number of rotatable bonds is 7. The van der Waals surface area contributed by atoms with Crippen molar-refractivity contribution < 1.29 is 23.9 Å². The number of methoxy groups -OCH3 is 1. The number of hydrogen-bond acceptors (Lipinski definition) is 5. The third-order valence-corrected chi connectivity index (χ3v) is 4.57. The van der Waals surface area contributed by atoms with Crippen molar-refractivity contribution in [1.82, 2.24) is 10.2 Å². The molecule has 0 saturated heterocycles. The van der Waals surface area contributed by atoms with E-state index in [1.165, 1.54) is 25.2 Å². The lowest BCUT2D eigenvalue weighted by atomic mass is 10.1. The number of carbonyl (C=O) groups is 4. The number of amides is 4. The molecule has 0 aliphatic carbocycles. The van der Waals surface area contributed by atoms with Gasteiger partial charge in [-0.3, -0.25) is 24.1 Å². The third-order valence-electron chi connectivity index (χ3n) is 4.57. The fourth-order valence-corrected chi connectivity index (χ4v) is 3.09. The minimum absolute atomic E-state index is 0.208. The van der Waals surface area contributed by atoms with E-state index in [2.05, 4.69) is 10.6 Å². The number of benzene rings is 2. The zero-order valence-corrected chi connectivity index (χ0v) is 16.2. The molecule has 8 nitrogen and oxygen atoms in total. The molecule has 150 valence electrons. The molecule has 0 atom stereocenters. The zero-order valence-electron chi connectivity index (χ0n) is 16.2. The number of ether oxygens (including phenoxy) is 1. The molecular formula is C21H21N3O5. The molecule has 0 saturated carbocycles. The molecule has 4 amide bonds. The number of nitrogens with one attached hydrogen (secondary N) is 2. The molecule has 2 aromatic rings. The van der Waals surface area contributed by atoms with Crippen LogP contribution in [0.3, 0.4) is 0 Å². The normalized spacial score (nSPS) is 12.7. The molecule has 8 heteroatoms. The van der Waals surface area contributed by atoms with Gasteiger partial charge in [0.05, 0.1) is 11.1 Å². The van der Waals surface area contributed by atoms with Crippen LogP contribution in [0.2, 0.25) is 0 Å². The van der Waals surface area contributed by atoms with Crippen LogP contribution in [0.4, 0.5) is 5.69 Å². The van der Waals surface area contributed by atoms with Gasteiger partial charge in [-0.2, -0.15) is 0 Å². The highest BCUT2D eigenvalue weighted by atomic mass is 16.5. The Kier molecular flexibility index (Phi) is 6.04. The van der Waals surface area contributed by atoms with E-state index in [9.17, 15) is 19.2 Å². The summed E-state index contributed by atoms with van der Waals surface area (Å²) in [6, 6.07) is 10.9. The fourth-order valence-electron chi connectivity index (χ4n) is 3.09. The first kappa shape index (κ1) is 20.2. The average Bonchev–Trinajstić information content (AvgIpc) is 2.97. The molecule has 0 bridgehead atoms. The molecule has 0 fully saturated rings. The van der Waals surface area contributed by atoms with Crippen LogP contribution >= 0.6 is 0 Å². The van der Waals surface area contributed by atoms with Crippen molar-refractivity contribution >= 4 is 29.3 Å². The van der Waals surface area contributed by atoms with Crippen LogP contribution in [0.25, 0.3) is 0 Å². The van der Waals surface area contributed by atoms with E-state index < -0.39 is 11.8 Å². The standard InChI is InChI=1S/C21H21N3O5/c1-22-18(25)13-5-3-6-15(11-13)23-19(26)14-7-8-16-17(12-14)21(28)24(20(16)27)9-4-10-29-2/h3,5-8,11-12H,4,9-10H2,1-2H3,(H,22,25)(H,23,26). The first-order chi connectivity index (χ1) is 14.0. The quantitative estimate of drug-likeness (QED) is 0.551.